The number of ether oxygens (including phenoxy) is 5. The lowest BCUT2D eigenvalue weighted by molar-refractivity contribution is -0.250. The summed E-state index contributed by atoms with van der Waals surface area (Å²) in [6.45, 7) is 16.8. The Labute approximate surface area is 230 Å². The molecular weight excluding hydrogens is 516 g/mol. The summed E-state index contributed by atoms with van der Waals surface area (Å²) in [5.41, 5.74) is -0.696. The van der Waals surface area contributed by atoms with Gasteiger partial charge in [-0.2, -0.15) is 0 Å². The van der Waals surface area contributed by atoms with Gasteiger partial charge in [-0.25, -0.2) is 0 Å². The lowest BCUT2D eigenvalue weighted by Gasteiger charge is -2.48. The minimum atomic E-state index is -1.28. The summed E-state index contributed by atoms with van der Waals surface area (Å²) in [7, 11) is 0. The molecule has 2 aliphatic heterocycles. The first kappa shape index (κ1) is 35.2. The van der Waals surface area contributed by atoms with E-state index in [0.29, 0.717) is 0 Å². The third kappa shape index (κ3) is 9.94. The standard InChI is InChI=1S/C17H28O7.C10H20O5/c1-9-14(22-11(3)19)13(8-21-10(2)18)24-16(17(5,6)7)15(9)23-12(4)20;1-10(2,3)9-8(14)7(13)6(12)5(4-11)15-9/h9,13-16H,8H2,1-7H3;5-9,11-14H,4H2,1-3H3/t9-,13?,14+,15?,16+;5?,6-,7-,8?,9+/m00/s1. The number of carbonyl (C=O) groups is 3. The Kier molecular flexibility index (Phi) is 12.8. The number of rotatable bonds is 5. The van der Waals surface area contributed by atoms with E-state index in [1.54, 1.807) is 0 Å². The van der Waals surface area contributed by atoms with Crippen LogP contribution in [0, 0.1) is 16.7 Å². The lowest BCUT2D eigenvalue weighted by Crippen LogP contribution is -2.61. The van der Waals surface area contributed by atoms with Crippen molar-refractivity contribution in [3.8, 4) is 0 Å². The van der Waals surface area contributed by atoms with Crippen LogP contribution in [-0.4, -0.2) is 106 Å². The number of hydrogen-bond acceptors (Lipinski definition) is 12. The number of hydrogen-bond donors (Lipinski definition) is 4. The number of aliphatic hydroxyl groups is 4. The highest BCUT2D eigenvalue weighted by Crippen LogP contribution is 2.39. The fraction of sp³-hybridized carbons (Fsp3) is 0.889. The van der Waals surface area contributed by atoms with Gasteiger partial charge in [0.2, 0.25) is 0 Å². The largest absolute Gasteiger partial charge is 0.463 e. The van der Waals surface area contributed by atoms with E-state index in [9.17, 15) is 29.7 Å². The number of aliphatic hydroxyl groups excluding tert-OH is 4. The SMILES string of the molecule is CC(=O)OCC1O[C@@H](C(C)(C)C)C(OC(C)=O)[C@@H](C)[C@H]1OC(C)=O.CC(C)(C)[C@@H]1OC(CO)[C@H](O)[C@H](O)C1O. The van der Waals surface area contributed by atoms with E-state index in [4.69, 9.17) is 28.8 Å². The summed E-state index contributed by atoms with van der Waals surface area (Å²) in [6.07, 6.45) is -7.40. The van der Waals surface area contributed by atoms with Crippen molar-refractivity contribution < 1.29 is 58.5 Å². The van der Waals surface area contributed by atoms with Crippen LogP contribution in [0.4, 0.5) is 0 Å². The number of esters is 3. The van der Waals surface area contributed by atoms with Gasteiger partial charge in [-0.3, -0.25) is 14.4 Å². The van der Waals surface area contributed by atoms with E-state index in [1.165, 1.54) is 20.8 Å². The van der Waals surface area contributed by atoms with Gasteiger partial charge in [-0.15, -0.1) is 0 Å². The molecule has 39 heavy (non-hydrogen) atoms. The molecule has 228 valence electrons. The quantitative estimate of drug-likeness (QED) is 0.272. The van der Waals surface area contributed by atoms with Gasteiger partial charge in [0.1, 0.15) is 55.4 Å². The summed E-state index contributed by atoms with van der Waals surface area (Å²) in [6, 6.07) is 0. The van der Waals surface area contributed by atoms with Crippen LogP contribution in [0.15, 0.2) is 0 Å². The minimum absolute atomic E-state index is 0.0308. The molecule has 0 amide bonds. The lowest BCUT2D eigenvalue weighted by atomic mass is 9.77. The van der Waals surface area contributed by atoms with Gasteiger partial charge in [0.05, 0.1) is 12.7 Å². The molecule has 10 atom stereocenters. The molecule has 12 heteroatoms. The first-order valence-electron chi connectivity index (χ1n) is 13.2. The predicted octanol–water partition coefficient (Wildman–Crippen LogP) is 0.737. The fourth-order valence-corrected chi connectivity index (χ4v) is 4.73. The van der Waals surface area contributed by atoms with Crippen molar-refractivity contribution in [2.45, 2.75) is 124 Å². The molecule has 0 aromatic heterocycles. The van der Waals surface area contributed by atoms with E-state index in [1.807, 2.05) is 48.5 Å². The Balaban J connectivity index is 0.000000434. The molecule has 0 bridgehead atoms. The monoisotopic (exact) mass is 564 g/mol. The van der Waals surface area contributed by atoms with Crippen LogP contribution in [0.3, 0.4) is 0 Å². The molecule has 2 fully saturated rings. The normalized spacial score (nSPS) is 35.2. The van der Waals surface area contributed by atoms with Crippen LogP contribution < -0.4 is 0 Å². The van der Waals surface area contributed by atoms with E-state index < -0.39 is 72.8 Å². The number of carbonyl (C=O) groups excluding carboxylic acids is 3. The van der Waals surface area contributed by atoms with Gasteiger partial charge in [-0.05, 0) is 10.8 Å². The molecule has 2 heterocycles. The molecule has 0 aromatic carbocycles. The zero-order valence-corrected chi connectivity index (χ0v) is 24.7. The Morgan fingerprint density at radius 1 is 0.692 bits per heavy atom. The van der Waals surface area contributed by atoms with Crippen LogP contribution in [0.2, 0.25) is 0 Å². The average Bonchev–Trinajstić information content (AvgIpc) is 2.78. The zero-order valence-electron chi connectivity index (χ0n) is 24.7. The summed E-state index contributed by atoms with van der Waals surface area (Å²) >= 11 is 0. The zero-order chi connectivity index (χ0) is 30.5. The van der Waals surface area contributed by atoms with Gasteiger partial charge >= 0.3 is 17.9 Å². The van der Waals surface area contributed by atoms with Crippen LogP contribution in [0.5, 0.6) is 0 Å². The molecule has 12 nitrogen and oxygen atoms in total. The van der Waals surface area contributed by atoms with Crippen molar-refractivity contribution >= 4 is 17.9 Å². The molecule has 0 aliphatic carbocycles. The summed E-state index contributed by atoms with van der Waals surface area (Å²) in [5.74, 6) is -1.65. The van der Waals surface area contributed by atoms with Crippen LogP contribution in [0.25, 0.3) is 0 Å². The van der Waals surface area contributed by atoms with E-state index in [2.05, 4.69) is 0 Å². The summed E-state index contributed by atoms with van der Waals surface area (Å²) in [5, 5.41) is 37.8. The van der Waals surface area contributed by atoms with Crippen LogP contribution >= 0.6 is 0 Å². The molecule has 0 aromatic rings. The second kappa shape index (κ2) is 14.2. The van der Waals surface area contributed by atoms with Crippen molar-refractivity contribution in [1.82, 2.24) is 0 Å². The molecule has 0 saturated carbocycles. The van der Waals surface area contributed by atoms with E-state index in [-0.39, 0.29) is 30.0 Å². The molecule has 2 rings (SSSR count). The topological polar surface area (TPSA) is 178 Å². The van der Waals surface area contributed by atoms with Crippen LogP contribution in [-0.2, 0) is 38.1 Å². The first-order valence-corrected chi connectivity index (χ1v) is 13.2. The molecule has 2 saturated heterocycles. The minimum Gasteiger partial charge on any atom is -0.463 e. The Bertz CT molecular complexity index is 813. The highest BCUT2D eigenvalue weighted by Gasteiger charge is 2.51. The Morgan fingerprint density at radius 2 is 1.15 bits per heavy atom. The Hall–Kier alpha value is -1.83. The third-order valence-electron chi connectivity index (χ3n) is 6.68. The van der Waals surface area contributed by atoms with Crippen molar-refractivity contribution in [2.75, 3.05) is 13.2 Å². The van der Waals surface area contributed by atoms with Gasteiger partial charge in [0.15, 0.2) is 0 Å². The Morgan fingerprint density at radius 3 is 1.56 bits per heavy atom. The molecular formula is C27H48O12. The second-order valence-electron chi connectivity index (χ2n) is 12.4. The maximum Gasteiger partial charge on any atom is 0.303 e. The average molecular weight is 565 g/mol. The molecule has 4 N–H and O–H groups in total. The van der Waals surface area contributed by atoms with Crippen molar-refractivity contribution in [3.63, 3.8) is 0 Å². The van der Waals surface area contributed by atoms with Gasteiger partial charge in [0.25, 0.3) is 0 Å². The van der Waals surface area contributed by atoms with Gasteiger partial charge in [0, 0.05) is 26.7 Å². The highest BCUT2D eigenvalue weighted by molar-refractivity contribution is 5.67. The third-order valence-corrected chi connectivity index (χ3v) is 6.68. The van der Waals surface area contributed by atoms with E-state index in [0.717, 1.165) is 0 Å². The van der Waals surface area contributed by atoms with Crippen molar-refractivity contribution in [3.05, 3.63) is 0 Å². The molecule has 0 radical (unpaired) electrons. The molecule has 4 unspecified atom stereocenters. The maximum absolute atomic E-state index is 11.5. The smallest absolute Gasteiger partial charge is 0.303 e. The summed E-state index contributed by atoms with van der Waals surface area (Å²) < 4.78 is 27.3. The first-order chi connectivity index (χ1) is 17.7. The fourth-order valence-electron chi connectivity index (χ4n) is 4.73. The summed E-state index contributed by atoms with van der Waals surface area (Å²) in [4.78, 5) is 34.1. The highest BCUT2D eigenvalue weighted by atomic mass is 16.6. The van der Waals surface area contributed by atoms with E-state index >= 15 is 0 Å². The molecule has 2 aliphatic rings. The van der Waals surface area contributed by atoms with Crippen LogP contribution in [0.1, 0.15) is 69.2 Å². The maximum atomic E-state index is 11.5. The van der Waals surface area contributed by atoms with Gasteiger partial charge < -0.3 is 44.1 Å². The van der Waals surface area contributed by atoms with Gasteiger partial charge in [-0.1, -0.05) is 48.5 Å². The predicted molar refractivity (Wildman–Crippen MR) is 138 cm³/mol. The molecule has 0 spiro atoms. The van der Waals surface area contributed by atoms with Crippen molar-refractivity contribution in [2.24, 2.45) is 16.7 Å². The second-order valence-corrected chi connectivity index (χ2v) is 12.4. The van der Waals surface area contributed by atoms with Crippen molar-refractivity contribution in [1.29, 1.82) is 0 Å².